The maximum Gasteiger partial charge on any atom is 0.320 e. The number of phenolic OH excluding ortho intramolecular Hbond substituents is 1. The zero-order valence-corrected chi connectivity index (χ0v) is 28.0. The first kappa shape index (κ1) is 31.5. The summed E-state index contributed by atoms with van der Waals surface area (Å²) in [5.74, 6) is 1.19. The molecule has 0 spiro atoms. The molecule has 0 bridgehead atoms. The second kappa shape index (κ2) is 13.1. The molecule has 0 aliphatic carbocycles. The van der Waals surface area contributed by atoms with E-state index in [0.29, 0.717) is 18.1 Å². The Kier molecular flexibility index (Phi) is 8.99. The molecule has 46 heavy (non-hydrogen) atoms. The first-order chi connectivity index (χ1) is 22.1. The van der Waals surface area contributed by atoms with E-state index in [9.17, 15) is 9.90 Å². The maximum atomic E-state index is 13.2. The topological polar surface area (TPSA) is 109 Å². The van der Waals surface area contributed by atoms with E-state index in [1.165, 1.54) is 6.07 Å². The summed E-state index contributed by atoms with van der Waals surface area (Å²) in [6.45, 7) is 6.44. The van der Waals surface area contributed by atoms with Crippen LogP contribution in [0.2, 0.25) is 5.02 Å². The lowest BCUT2D eigenvalue weighted by Crippen LogP contribution is -2.29. The Balaban J connectivity index is 1.20. The van der Waals surface area contributed by atoms with Crippen LogP contribution >= 0.6 is 35.1 Å². The lowest BCUT2D eigenvalue weighted by Gasteiger charge is -2.14. The smallest absolute Gasteiger partial charge is 0.320 e. The number of hydrogen-bond donors (Lipinski definition) is 3. The number of phenols is 1. The number of carbonyl (C=O) groups is 1. The fourth-order valence-electron chi connectivity index (χ4n) is 4.82. The van der Waals surface area contributed by atoms with E-state index in [1.807, 2.05) is 86.0 Å². The summed E-state index contributed by atoms with van der Waals surface area (Å²) >= 11 is 9.31. The predicted octanol–water partition coefficient (Wildman–Crippen LogP) is 8.43. The van der Waals surface area contributed by atoms with Gasteiger partial charge < -0.3 is 10.4 Å². The molecule has 0 saturated heterocycles. The van der Waals surface area contributed by atoms with E-state index < -0.39 is 0 Å². The SMILES string of the molecule is CSc1ccccc1-c1nnc2ccc(Sc3ccccc3CNC(=O)Nc3cc(C(C)(C)C)nn3-c3ccc(Cl)c(O)c3)cn12. The second-order valence-electron chi connectivity index (χ2n) is 11.5. The number of fused-ring (bicyclic) bond motifs is 1. The molecule has 0 fully saturated rings. The van der Waals surface area contributed by atoms with Gasteiger partial charge in [-0.05, 0) is 48.2 Å². The highest BCUT2D eigenvalue weighted by Gasteiger charge is 2.22. The van der Waals surface area contributed by atoms with Crippen molar-refractivity contribution in [3.63, 3.8) is 0 Å². The number of nitrogens with one attached hydrogen (secondary N) is 2. The number of anilines is 1. The molecule has 0 unspecified atom stereocenters. The summed E-state index contributed by atoms with van der Waals surface area (Å²) in [6.07, 6.45) is 4.10. The molecule has 0 saturated carbocycles. The number of benzene rings is 3. The van der Waals surface area contributed by atoms with Crippen LogP contribution in [0.5, 0.6) is 5.75 Å². The Morgan fingerprint density at radius 2 is 1.72 bits per heavy atom. The Hall–Kier alpha value is -4.45. The van der Waals surface area contributed by atoms with Crippen molar-refractivity contribution < 1.29 is 9.90 Å². The van der Waals surface area contributed by atoms with Crippen LogP contribution in [0.3, 0.4) is 0 Å². The summed E-state index contributed by atoms with van der Waals surface area (Å²) < 4.78 is 3.61. The van der Waals surface area contributed by atoms with Crippen molar-refractivity contribution in [3.05, 3.63) is 107 Å². The van der Waals surface area contributed by atoms with Crippen molar-refractivity contribution in [2.45, 2.75) is 47.4 Å². The molecular weight excluding hydrogens is 638 g/mol. The fraction of sp³-hybridized carbons (Fsp3) is 0.176. The first-order valence-electron chi connectivity index (χ1n) is 14.5. The van der Waals surface area contributed by atoms with E-state index in [2.05, 4.69) is 39.2 Å². The second-order valence-corrected chi connectivity index (χ2v) is 13.9. The van der Waals surface area contributed by atoms with Crippen molar-refractivity contribution in [2.24, 2.45) is 0 Å². The number of pyridine rings is 1. The number of halogens is 1. The molecule has 3 aromatic carbocycles. The fourth-order valence-corrected chi connectivity index (χ4v) is 6.50. The molecule has 0 aliphatic heterocycles. The molecule has 12 heteroatoms. The summed E-state index contributed by atoms with van der Waals surface area (Å²) in [5.41, 5.74) is 3.85. The number of thioether (sulfide) groups is 1. The lowest BCUT2D eigenvalue weighted by atomic mass is 9.92. The summed E-state index contributed by atoms with van der Waals surface area (Å²) in [6, 6.07) is 26.4. The van der Waals surface area contributed by atoms with Gasteiger partial charge in [-0.2, -0.15) is 5.10 Å². The van der Waals surface area contributed by atoms with Crippen LogP contribution in [0.4, 0.5) is 10.6 Å². The van der Waals surface area contributed by atoms with Crippen LogP contribution in [-0.2, 0) is 12.0 Å². The average molecular weight is 670 g/mol. The minimum Gasteiger partial charge on any atom is -0.506 e. The van der Waals surface area contributed by atoms with Crippen molar-refractivity contribution in [1.82, 2.24) is 29.7 Å². The zero-order valence-electron chi connectivity index (χ0n) is 25.7. The maximum absolute atomic E-state index is 13.2. The minimum absolute atomic E-state index is 0.0686. The Morgan fingerprint density at radius 3 is 2.48 bits per heavy atom. The number of rotatable bonds is 8. The van der Waals surface area contributed by atoms with E-state index in [1.54, 1.807) is 40.3 Å². The number of aromatic hydroxyl groups is 1. The van der Waals surface area contributed by atoms with Gasteiger partial charge in [0.1, 0.15) is 11.6 Å². The highest BCUT2D eigenvalue weighted by atomic mass is 35.5. The molecule has 0 atom stereocenters. The van der Waals surface area contributed by atoms with Crippen LogP contribution in [0.15, 0.2) is 106 Å². The quantitative estimate of drug-likeness (QED) is 0.140. The third kappa shape index (κ3) is 6.72. The van der Waals surface area contributed by atoms with Crippen LogP contribution in [0, 0.1) is 0 Å². The van der Waals surface area contributed by atoms with Gasteiger partial charge in [-0.3, -0.25) is 9.72 Å². The molecule has 6 aromatic rings. The minimum atomic E-state index is -0.386. The molecule has 3 N–H and O–H groups in total. The molecule has 9 nitrogen and oxygen atoms in total. The van der Waals surface area contributed by atoms with E-state index in [4.69, 9.17) is 16.7 Å². The van der Waals surface area contributed by atoms with Gasteiger partial charge in [-0.15, -0.1) is 22.0 Å². The molecule has 234 valence electrons. The standard InChI is InChI=1S/C34H32ClN7O2S2/c1-34(2,3)29-18-31(42(40-29)22-13-15-25(35)26(43)17-22)37-33(44)36-19-21-9-5-7-11-27(21)46-23-14-16-30-38-39-32(41(30)20-23)24-10-6-8-12-28(24)45-4/h5-18,20,43H,19H2,1-4H3,(H2,36,37,44). The van der Waals surface area contributed by atoms with Gasteiger partial charge >= 0.3 is 6.03 Å². The molecule has 2 amide bonds. The van der Waals surface area contributed by atoms with Gasteiger partial charge in [0.15, 0.2) is 11.5 Å². The van der Waals surface area contributed by atoms with Crippen LogP contribution < -0.4 is 10.6 Å². The van der Waals surface area contributed by atoms with E-state index in [-0.39, 0.29) is 22.2 Å². The van der Waals surface area contributed by atoms with Gasteiger partial charge in [0.05, 0.1) is 16.4 Å². The van der Waals surface area contributed by atoms with Crippen molar-refractivity contribution >= 4 is 52.6 Å². The molecule has 6 rings (SSSR count). The first-order valence-corrected chi connectivity index (χ1v) is 16.9. The van der Waals surface area contributed by atoms with Gasteiger partial charge in [0.25, 0.3) is 0 Å². The van der Waals surface area contributed by atoms with Crippen LogP contribution in [0.25, 0.3) is 22.7 Å². The van der Waals surface area contributed by atoms with E-state index >= 15 is 0 Å². The Labute approximate surface area is 280 Å². The van der Waals surface area contributed by atoms with E-state index in [0.717, 1.165) is 43.0 Å². The molecule has 3 aromatic heterocycles. The number of aromatic nitrogens is 5. The number of carbonyl (C=O) groups excluding carboxylic acids is 1. The molecular formula is C34H32ClN7O2S2. The monoisotopic (exact) mass is 669 g/mol. The Bertz CT molecular complexity index is 2050. The molecule has 0 aliphatic rings. The number of hydrogen-bond acceptors (Lipinski definition) is 7. The largest absolute Gasteiger partial charge is 0.506 e. The van der Waals surface area contributed by atoms with Crippen molar-refractivity contribution in [2.75, 3.05) is 11.6 Å². The van der Waals surface area contributed by atoms with Gasteiger partial charge in [0.2, 0.25) is 0 Å². The number of nitrogens with zero attached hydrogens (tertiary/aromatic N) is 5. The molecule has 0 radical (unpaired) electrons. The normalized spacial score (nSPS) is 11.6. The zero-order chi connectivity index (χ0) is 32.4. The predicted molar refractivity (Wildman–Crippen MR) is 186 cm³/mol. The summed E-state index contributed by atoms with van der Waals surface area (Å²) in [7, 11) is 0. The average Bonchev–Trinajstić information content (AvgIpc) is 3.66. The lowest BCUT2D eigenvalue weighted by molar-refractivity contribution is 0.251. The Morgan fingerprint density at radius 1 is 0.957 bits per heavy atom. The molecule has 3 heterocycles. The number of urea groups is 1. The van der Waals surface area contributed by atoms with Gasteiger partial charge in [0, 0.05) is 50.5 Å². The third-order valence-corrected chi connectivity index (χ3v) is 9.47. The van der Waals surface area contributed by atoms with Gasteiger partial charge in [-0.1, -0.05) is 80.5 Å². The highest BCUT2D eigenvalue weighted by Crippen LogP contribution is 2.34. The van der Waals surface area contributed by atoms with Crippen LogP contribution in [-0.4, -0.2) is 41.8 Å². The highest BCUT2D eigenvalue weighted by molar-refractivity contribution is 7.99. The number of amides is 2. The summed E-state index contributed by atoms with van der Waals surface area (Å²) in [5, 5.41) is 29.9. The van der Waals surface area contributed by atoms with Crippen LogP contribution in [0.1, 0.15) is 32.0 Å². The third-order valence-electron chi connectivity index (χ3n) is 7.26. The van der Waals surface area contributed by atoms with Crippen molar-refractivity contribution in [3.8, 4) is 22.8 Å². The van der Waals surface area contributed by atoms with Crippen molar-refractivity contribution in [1.29, 1.82) is 0 Å². The van der Waals surface area contributed by atoms with Gasteiger partial charge in [-0.25, -0.2) is 9.48 Å². The summed E-state index contributed by atoms with van der Waals surface area (Å²) in [4.78, 5) is 16.4.